The molecule has 0 bridgehead atoms. The Hall–Kier alpha value is -1.67. The number of hydrogen-bond donors (Lipinski definition) is 1. The van der Waals surface area contributed by atoms with Gasteiger partial charge in [0.15, 0.2) is 0 Å². The molecular formula is C24H25ClF2N2O2S. The molecule has 1 N–H and O–H groups in total. The standard InChI is InChI=1S/C24H25ClF2N2O2S/c25-16-5-1-3-14(11-16)18-6-2-4-15(22(18)27)12-20-23(28-32-17-7-8-17)19(26)13-29(20)24(30)21-9-10-31-21/h1-6,11,17,19-21,23,28H,7-10,12-13H2/t19-,20-,21?,23-/m0/s1. The van der Waals surface area contributed by atoms with Crippen LogP contribution in [0, 0.1) is 5.82 Å². The zero-order valence-electron chi connectivity index (χ0n) is 17.5. The second-order valence-corrected chi connectivity index (χ2v) is 10.3. The van der Waals surface area contributed by atoms with E-state index in [1.165, 1.54) is 11.9 Å². The van der Waals surface area contributed by atoms with E-state index in [1.54, 1.807) is 41.3 Å². The Balaban J connectivity index is 1.43. The van der Waals surface area contributed by atoms with Crippen molar-refractivity contribution in [3.05, 3.63) is 58.9 Å². The fourth-order valence-electron chi connectivity index (χ4n) is 4.33. The van der Waals surface area contributed by atoms with E-state index in [1.807, 2.05) is 6.07 Å². The Bertz CT molecular complexity index is 1000. The number of nitrogens with one attached hydrogen (secondary N) is 1. The van der Waals surface area contributed by atoms with Crippen molar-refractivity contribution in [2.45, 2.75) is 55.3 Å². The fraction of sp³-hybridized carbons (Fsp3) is 0.458. The topological polar surface area (TPSA) is 41.6 Å². The zero-order valence-corrected chi connectivity index (χ0v) is 19.0. The molecule has 5 rings (SSSR count). The second kappa shape index (κ2) is 9.29. The Kier molecular flexibility index (Phi) is 6.43. The van der Waals surface area contributed by atoms with Crippen LogP contribution in [0.4, 0.5) is 8.78 Å². The molecule has 170 valence electrons. The van der Waals surface area contributed by atoms with Crippen molar-refractivity contribution in [1.82, 2.24) is 9.62 Å². The summed E-state index contributed by atoms with van der Waals surface area (Å²) in [5.74, 6) is -0.561. The molecule has 1 aliphatic carbocycles. The highest BCUT2D eigenvalue weighted by atomic mass is 35.5. The summed E-state index contributed by atoms with van der Waals surface area (Å²) in [5.41, 5.74) is 1.58. The summed E-state index contributed by atoms with van der Waals surface area (Å²) in [6, 6.07) is 11.2. The molecule has 8 heteroatoms. The quantitative estimate of drug-likeness (QED) is 0.581. The third-order valence-corrected chi connectivity index (χ3v) is 7.82. The van der Waals surface area contributed by atoms with Crippen LogP contribution in [0.1, 0.15) is 24.8 Å². The number of carbonyl (C=O) groups excluding carboxylic acids is 1. The van der Waals surface area contributed by atoms with E-state index in [0.717, 1.165) is 12.8 Å². The van der Waals surface area contributed by atoms with Crippen LogP contribution in [-0.4, -0.2) is 53.6 Å². The van der Waals surface area contributed by atoms with Crippen molar-refractivity contribution in [1.29, 1.82) is 0 Å². The van der Waals surface area contributed by atoms with E-state index < -0.39 is 24.4 Å². The van der Waals surface area contributed by atoms with Crippen molar-refractivity contribution in [3.8, 4) is 11.1 Å². The predicted octanol–water partition coefficient (Wildman–Crippen LogP) is 4.80. The lowest BCUT2D eigenvalue weighted by Gasteiger charge is -2.34. The number of hydrogen-bond acceptors (Lipinski definition) is 4. The summed E-state index contributed by atoms with van der Waals surface area (Å²) in [6.45, 7) is 0.547. The summed E-state index contributed by atoms with van der Waals surface area (Å²) < 4.78 is 39.3. The van der Waals surface area contributed by atoms with Crippen molar-refractivity contribution >= 4 is 29.5 Å². The minimum atomic E-state index is -1.21. The first kappa shape index (κ1) is 22.1. The summed E-state index contributed by atoms with van der Waals surface area (Å²) >= 11 is 7.63. The number of nitrogens with zero attached hydrogens (tertiary/aromatic N) is 1. The van der Waals surface area contributed by atoms with Crippen LogP contribution in [0.25, 0.3) is 11.1 Å². The minimum absolute atomic E-state index is 0.00184. The Labute approximate surface area is 195 Å². The summed E-state index contributed by atoms with van der Waals surface area (Å²) in [4.78, 5) is 14.5. The van der Waals surface area contributed by atoms with E-state index in [0.29, 0.717) is 40.0 Å². The van der Waals surface area contributed by atoms with Gasteiger partial charge in [0.1, 0.15) is 18.1 Å². The molecule has 3 fully saturated rings. The first-order valence-corrected chi connectivity index (χ1v) is 12.3. The van der Waals surface area contributed by atoms with E-state index in [2.05, 4.69) is 4.72 Å². The van der Waals surface area contributed by atoms with Crippen molar-refractivity contribution in [2.75, 3.05) is 13.2 Å². The number of carbonyl (C=O) groups is 1. The Morgan fingerprint density at radius 3 is 2.69 bits per heavy atom. The molecule has 0 radical (unpaired) electrons. The van der Waals surface area contributed by atoms with E-state index >= 15 is 8.78 Å². The molecule has 1 saturated carbocycles. The largest absolute Gasteiger partial charge is 0.368 e. The maximum atomic E-state index is 15.6. The highest BCUT2D eigenvalue weighted by molar-refractivity contribution is 7.98. The molecule has 32 heavy (non-hydrogen) atoms. The first-order chi connectivity index (χ1) is 15.5. The van der Waals surface area contributed by atoms with Gasteiger partial charge in [0, 0.05) is 22.3 Å². The maximum Gasteiger partial charge on any atom is 0.252 e. The molecule has 2 aliphatic heterocycles. The highest BCUT2D eigenvalue weighted by Crippen LogP contribution is 2.36. The number of amides is 1. The van der Waals surface area contributed by atoms with Gasteiger partial charge in [0.05, 0.1) is 25.2 Å². The van der Waals surface area contributed by atoms with Crippen LogP contribution in [0.2, 0.25) is 5.02 Å². The van der Waals surface area contributed by atoms with Gasteiger partial charge >= 0.3 is 0 Å². The maximum absolute atomic E-state index is 15.6. The molecular weight excluding hydrogens is 454 g/mol. The lowest BCUT2D eigenvalue weighted by Crippen LogP contribution is -2.51. The normalized spacial score (nSPS) is 27.4. The summed E-state index contributed by atoms with van der Waals surface area (Å²) in [5, 5.41) is 1.02. The van der Waals surface area contributed by atoms with Gasteiger partial charge in [-0.15, -0.1) is 0 Å². The van der Waals surface area contributed by atoms with Gasteiger partial charge in [-0.05, 0) is 42.5 Å². The molecule has 4 atom stereocenters. The molecule has 3 aliphatic rings. The lowest BCUT2D eigenvalue weighted by molar-refractivity contribution is -0.157. The van der Waals surface area contributed by atoms with Crippen LogP contribution < -0.4 is 4.72 Å². The van der Waals surface area contributed by atoms with E-state index in [9.17, 15) is 4.79 Å². The molecule has 2 aromatic rings. The molecule has 2 heterocycles. The number of likely N-dealkylation sites (tertiary alicyclic amines) is 1. The summed E-state index contributed by atoms with van der Waals surface area (Å²) in [7, 11) is 0. The van der Waals surface area contributed by atoms with Gasteiger partial charge in [-0.3, -0.25) is 9.52 Å². The highest BCUT2D eigenvalue weighted by Gasteiger charge is 2.47. The van der Waals surface area contributed by atoms with Crippen LogP contribution in [0.3, 0.4) is 0 Å². The summed E-state index contributed by atoms with van der Waals surface area (Å²) in [6.07, 6.45) is 1.37. The van der Waals surface area contributed by atoms with Gasteiger partial charge in [0.2, 0.25) is 0 Å². The molecule has 0 aromatic heterocycles. The van der Waals surface area contributed by atoms with Gasteiger partial charge < -0.3 is 9.64 Å². The van der Waals surface area contributed by atoms with Gasteiger partial charge in [-0.25, -0.2) is 8.78 Å². The van der Waals surface area contributed by atoms with Crippen molar-refractivity contribution in [2.24, 2.45) is 0 Å². The number of halogens is 3. The third-order valence-electron chi connectivity index (χ3n) is 6.37. The molecule has 2 saturated heterocycles. The minimum Gasteiger partial charge on any atom is -0.368 e. The monoisotopic (exact) mass is 478 g/mol. The van der Waals surface area contributed by atoms with Gasteiger partial charge in [-0.2, -0.15) is 0 Å². The first-order valence-electron chi connectivity index (χ1n) is 11.0. The van der Waals surface area contributed by atoms with E-state index in [-0.39, 0.29) is 24.7 Å². The van der Waals surface area contributed by atoms with Gasteiger partial charge in [-0.1, -0.05) is 53.9 Å². The SMILES string of the molecule is O=C(C1CCO1)N1C[C@H](F)[C@H](NSC2CC2)[C@@H]1Cc1cccc(-c2cccc(Cl)c2)c1F. The number of alkyl halides is 1. The van der Waals surface area contributed by atoms with Crippen molar-refractivity contribution < 1.29 is 18.3 Å². The zero-order chi connectivity index (χ0) is 22.2. The smallest absolute Gasteiger partial charge is 0.252 e. The molecule has 0 spiro atoms. The average molecular weight is 479 g/mol. The number of rotatable bonds is 7. The molecule has 1 unspecified atom stereocenters. The molecule has 4 nitrogen and oxygen atoms in total. The Morgan fingerprint density at radius 1 is 1.22 bits per heavy atom. The number of ether oxygens (including phenoxy) is 1. The number of benzene rings is 2. The Morgan fingerprint density at radius 2 is 2.00 bits per heavy atom. The van der Waals surface area contributed by atoms with E-state index in [4.69, 9.17) is 16.3 Å². The van der Waals surface area contributed by atoms with Crippen LogP contribution >= 0.6 is 23.5 Å². The van der Waals surface area contributed by atoms with Crippen LogP contribution in [0.15, 0.2) is 42.5 Å². The average Bonchev–Trinajstić information content (AvgIpc) is 3.50. The fourth-order valence-corrected chi connectivity index (χ4v) is 5.55. The van der Waals surface area contributed by atoms with Gasteiger partial charge in [0.25, 0.3) is 5.91 Å². The predicted molar refractivity (Wildman–Crippen MR) is 123 cm³/mol. The van der Waals surface area contributed by atoms with Crippen molar-refractivity contribution in [3.63, 3.8) is 0 Å². The lowest BCUT2D eigenvalue weighted by atomic mass is 9.95. The van der Waals surface area contributed by atoms with Crippen LogP contribution in [0.5, 0.6) is 0 Å². The molecule has 2 aromatic carbocycles. The third kappa shape index (κ3) is 4.53. The van der Waals surface area contributed by atoms with Crippen LogP contribution in [-0.2, 0) is 16.0 Å². The second-order valence-electron chi connectivity index (χ2n) is 8.68. The molecule has 1 amide bonds.